The van der Waals surface area contributed by atoms with Gasteiger partial charge in [0.15, 0.2) is 11.0 Å². The van der Waals surface area contributed by atoms with Gasteiger partial charge in [-0.05, 0) is 12.1 Å². The van der Waals surface area contributed by atoms with Crippen molar-refractivity contribution in [3.8, 4) is 11.5 Å². The molecule has 5 nitrogen and oxygen atoms in total. The Morgan fingerprint density at radius 1 is 1.22 bits per heavy atom. The maximum absolute atomic E-state index is 13.2. The van der Waals surface area contributed by atoms with Crippen molar-refractivity contribution in [2.45, 2.75) is 0 Å². The minimum Gasteiger partial charge on any atom is -0.395 e. The predicted molar refractivity (Wildman–Crippen MR) is 65.6 cm³/mol. The van der Waals surface area contributed by atoms with Crippen molar-refractivity contribution in [3.63, 3.8) is 0 Å². The van der Waals surface area contributed by atoms with Gasteiger partial charge in [0, 0.05) is 6.20 Å². The summed E-state index contributed by atoms with van der Waals surface area (Å²) < 4.78 is 14.8. The molecular formula is C11H7ClFN5. The van der Waals surface area contributed by atoms with E-state index in [1.807, 2.05) is 0 Å². The van der Waals surface area contributed by atoms with E-state index in [9.17, 15) is 4.39 Å². The van der Waals surface area contributed by atoms with E-state index < -0.39 is 0 Å². The van der Waals surface area contributed by atoms with Gasteiger partial charge in [-0.25, -0.2) is 19.3 Å². The Morgan fingerprint density at radius 3 is 2.83 bits per heavy atom. The lowest BCUT2D eigenvalue weighted by Crippen LogP contribution is -1.97. The molecule has 0 bridgehead atoms. The van der Waals surface area contributed by atoms with Crippen molar-refractivity contribution < 1.29 is 4.39 Å². The molecule has 2 N–H and O–H groups in total. The molecule has 18 heavy (non-hydrogen) atoms. The number of fused-ring (bicyclic) bond motifs is 1. The molecule has 3 rings (SSSR count). The summed E-state index contributed by atoms with van der Waals surface area (Å²) in [5.74, 6) is -0.0319. The third-order valence-electron chi connectivity index (χ3n) is 2.47. The van der Waals surface area contributed by atoms with Crippen LogP contribution in [0.5, 0.6) is 0 Å². The summed E-state index contributed by atoms with van der Waals surface area (Å²) in [6.45, 7) is 0. The second-order valence-corrected chi connectivity index (χ2v) is 4.02. The molecule has 0 saturated heterocycles. The van der Waals surface area contributed by atoms with Gasteiger partial charge in [-0.15, -0.1) is 0 Å². The fourth-order valence-corrected chi connectivity index (χ4v) is 1.74. The fraction of sp³-hybridized carbons (Fsp3) is 0. The van der Waals surface area contributed by atoms with E-state index in [-0.39, 0.29) is 11.0 Å². The first-order valence-corrected chi connectivity index (χ1v) is 5.44. The van der Waals surface area contributed by atoms with E-state index in [1.165, 1.54) is 18.5 Å². The molecule has 0 aliphatic heterocycles. The van der Waals surface area contributed by atoms with Gasteiger partial charge in [-0.1, -0.05) is 11.6 Å². The molecule has 0 unspecified atom stereocenters. The minimum atomic E-state index is -0.372. The minimum absolute atomic E-state index is 0.159. The number of pyridine rings is 1. The van der Waals surface area contributed by atoms with Gasteiger partial charge in [0.25, 0.3) is 0 Å². The van der Waals surface area contributed by atoms with E-state index in [2.05, 4.69) is 15.0 Å². The van der Waals surface area contributed by atoms with Crippen LogP contribution in [0.25, 0.3) is 17.2 Å². The van der Waals surface area contributed by atoms with Crippen LogP contribution >= 0.6 is 11.6 Å². The summed E-state index contributed by atoms with van der Waals surface area (Å²) in [7, 11) is 0. The maximum Gasteiger partial charge on any atom is 0.179 e. The van der Waals surface area contributed by atoms with E-state index in [0.29, 0.717) is 22.9 Å². The Hall–Kier alpha value is -2.21. The molecule has 3 aromatic heterocycles. The van der Waals surface area contributed by atoms with Crippen LogP contribution < -0.4 is 5.73 Å². The Kier molecular flexibility index (Phi) is 2.38. The van der Waals surface area contributed by atoms with Crippen LogP contribution in [-0.2, 0) is 0 Å². The lowest BCUT2D eigenvalue weighted by molar-refractivity contribution is 0.619. The first kappa shape index (κ1) is 10.9. The van der Waals surface area contributed by atoms with Gasteiger partial charge >= 0.3 is 0 Å². The number of hydrogen-bond acceptors (Lipinski definition) is 4. The molecule has 0 aromatic carbocycles. The summed E-state index contributed by atoms with van der Waals surface area (Å²) in [5.41, 5.74) is 6.98. The van der Waals surface area contributed by atoms with Crippen LogP contribution in [0.3, 0.4) is 0 Å². The van der Waals surface area contributed by atoms with Gasteiger partial charge in [0.05, 0.1) is 18.1 Å². The molecule has 0 radical (unpaired) electrons. The lowest BCUT2D eigenvalue weighted by atomic mass is 10.4. The molecule has 0 atom stereocenters. The number of nitrogen functional groups attached to an aromatic ring is 1. The maximum atomic E-state index is 13.2. The van der Waals surface area contributed by atoms with Crippen molar-refractivity contribution in [1.82, 2.24) is 19.4 Å². The number of nitrogens with two attached hydrogens (primary N) is 1. The number of hydrogen-bond donors (Lipinski definition) is 1. The van der Waals surface area contributed by atoms with Crippen LogP contribution in [0.1, 0.15) is 0 Å². The number of nitrogens with zero attached hydrogens (tertiary/aromatic N) is 4. The number of rotatable bonds is 1. The highest BCUT2D eigenvalue weighted by molar-refractivity contribution is 6.31. The molecule has 0 aliphatic rings. The van der Waals surface area contributed by atoms with Crippen LogP contribution in [0, 0.1) is 5.82 Å². The summed E-state index contributed by atoms with van der Waals surface area (Å²) in [4.78, 5) is 12.2. The fourth-order valence-electron chi connectivity index (χ4n) is 1.61. The van der Waals surface area contributed by atoms with Gasteiger partial charge < -0.3 is 5.73 Å². The van der Waals surface area contributed by atoms with Crippen LogP contribution in [0.4, 0.5) is 10.1 Å². The smallest absolute Gasteiger partial charge is 0.179 e. The van der Waals surface area contributed by atoms with E-state index in [1.54, 1.807) is 16.7 Å². The van der Waals surface area contributed by atoms with Crippen LogP contribution in [-0.4, -0.2) is 19.4 Å². The number of aromatic nitrogens is 4. The Morgan fingerprint density at radius 2 is 2.06 bits per heavy atom. The molecular weight excluding hydrogens is 257 g/mol. The van der Waals surface area contributed by atoms with Crippen molar-refractivity contribution in [2.24, 2.45) is 0 Å². The first-order chi connectivity index (χ1) is 8.65. The molecule has 90 valence electrons. The Bertz CT molecular complexity index is 739. The van der Waals surface area contributed by atoms with Crippen molar-refractivity contribution in [1.29, 1.82) is 0 Å². The zero-order valence-electron chi connectivity index (χ0n) is 9.01. The lowest BCUT2D eigenvalue weighted by Gasteiger charge is -2.02. The summed E-state index contributed by atoms with van der Waals surface area (Å²) in [5, 5.41) is 0.159. The molecule has 0 aliphatic carbocycles. The summed E-state index contributed by atoms with van der Waals surface area (Å²) >= 11 is 5.83. The van der Waals surface area contributed by atoms with Crippen LogP contribution in [0.15, 0.2) is 30.7 Å². The molecule has 0 fully saturated rings. The highest BCUT2D eigenvalue weighted by Crippen LogP contribution is 2.21. The quantitative estimate of drug-likeness (QED) is 0.683. The third kappa shape index (κ3) is 1.67. The second-order valence-electron chi connectivity index (χ2n) is 3.66. The highest BCUT2D eigenvalue weighted by atomic mass is 35.5. The van der Waals surface area contributed by atoms with Crippen molar-refractivity contribution in [3.05, 3.63) is 41.7 Å². The highest BCUT2D eigenvalue weighted by Gasteiger charge is 2.10. The van der Waals surface area contributed by atoms with Gasteiger partial charge in [0.1, 0.15) is 17.2 Å². The van der Waals surface area contributed by atoms with Crippen molar-refractivity contribution >= 4 is 22.9 Å². The van der Waals surface area contributed by atoms with E-state index in [0.717, 1.165) is 0 Å². The second kappa shape index (κ2) is 3.92. The third-order valence-corrected chi connectivity index (χ3v) is 2.77. The Labute approximate surface area is 106 Å². The average molecular weight is 264 g/mol. The Balaban J connectivity index is 2.24. The monoisotopic (exact) mass is 263 g/mol. The summed E-state index contributed by atoms with van der Waals surface area (Å²) in [6, 6.07) is 2.90. The van der Waals surface area contributed by atoms with E-state index in [4.69, 9.17) is 17.3 Å². The van der Waals surface area contributed by atoms with Gasteiger partial charge in [0.2, 0.25) is 0 Å². The topological polar surface area (TPSA) is 69.1 Å². The zero-order valence-corrected chi connectivity index (χ0v) is 9.76. The first-order valence-electron chi connectivity index (χ1n) is 5.06. The normalized spacial score (nSPS) is 11.0. The number of imidazole rings is 1. The SMILES string of the molecule is Nc1cnc(-c2cnc3ccc(F)cn23)nc1Cl. The number of anilines is 1. The molecule has 0 spiro atoms. The van der Waals surface area contributed by atoms with Gasteiger partial charge in [-0.2, -0.15) is 0 Å². The van der Waals surface area contributed by atoms with Crippen molar-refractivity contribution in [2.75, 3.05) is 5.73 Å². The molecule has 3 aromatic rings. The molecule has 0 saturated carbocycles. The molecule has 3 heterocycles. The van der Waals surface area contributed by atoms with E-state index >= 15 is 0 Å². The average Bonchev–Trinajstić information content (AvgIpc) is 2.75. The molecule has 7 heteroatoms. The standard InChI is InChI=1S/C11H7ClFN5/c12-10-7(14)3-16-11(17-10)8-4-15-9-2-1-6(13)5-18(8)9/h1-5H,14H2. The van der Waals surface area contributed by atoms with Gasteiger partial charge in [-0.3, -0.25) is 4.40 Å². The summed E-state index contributed by atoms with van der Waals surface area (Å²) in [6.07, 6.45) is 4.27. The molecule has 0 amide bonds. The van der Waals surface area contributed by atoms with Crippen LogP contribution in [0.2, 0.25) is 5.15 Å². The zero-order chi connectivity index (χ0) is 12.7. The largest absolute Gasteiger partial charge is 0.395 e. The number of halogens is 2. The predicted octanol–water partition coefficient (Wildman–Crippen LogP) is 2.17.